The van der Waals surface area contributed by atoms with Crippen LogP contribution >= 0.6 is 11.6 Å². The molecule has 5 nitrogen and oxygen atoms in total. The van der Waals surface area contributed by atoms with Crippen molar-refractivity contribution in [2.75, 3.05) is 39.9 Å². The molecule has 124 valence electrons. The Morgan fingerprint density at radius 3 is 2.59 bits per heavy atom. The van der Waals surface area contributed by atoms with Crippen LogP contribution in [0.4, 0.5) is 8.78 Å². The first kappa shape index (κ1) is 17.2. The molecule has 1 aromatic carbocycles. The molecule has 2 rings (SSSR count). The van der Waals surface area contributed by atoms with Crippen LogP contribution in [0.5, 0.6) is 11.5 Å². The Labute approximate surface area is 132 Å². The summed E-state index contributed by atoms with van der Waals surface area (Å²) in [5.41, 5.74) is 0.195. The zero-order valence-electron chi connectivity index (χ0n) is 12.2. The van der Waals surface area contributed by atoms with Gasteiger partial charge in [0.15, 0.2) is 11.5 Å². The summed E-state index contributed by atoms with van der Waals surface area (Å²) in [6.07, 6.45) is 0. The van der Waals surface area contributed by atoms with E-state index in [-0.39, 0.29) is 22.1 Å². The smallest absolute Gasteiger partial charge is 0.289 e. The minimum absolute atomic E-state index is 0.0244. The molecule has 0 radical (unpaired) electrons. The average molecular weight is 337 g/mol. The molecular formula is C14H19ClF2N2O3. The van der Waals surface area contributed by atoms with Crippen LogP contribution in [-0.4, -0.2) is 60.9 Å². The second kappa shape index (κ2) is 6.95. The molecule has 1 heterocycles. The van der Waals surface area contributed by atoms with Crippen LogP contribution < -0.4 is 10.1 Å². The van der Waals surface area contributed by atoms with Crippen LogP contribution in [0.2, 0.25) is 5.02 Å². The lowest BCUT2D eigenvalue weighted by molar-refractivity contribution is -0.118. The van der Waals surface area contributed by atoms with Crippen LogP contribution in [0.25, 0.3) is 0 Å². The van der Waals surface area contributed by atoms with E-state index in [9.17, 15) is 13.9 Å². The van der Waals surface area contributed by atoms with Crippen molar-refractivity contribution in [1.29, 1.82) is 0 Å². The number of alkyl halides is 2. The van der Waals surface area contributed by atoms with Crippen molar-refractivity contribution in [1.82, 2.24) is 10.2 Å². The van der Waals surface area contributed by atoms with Gasteiger partial charge in [-0.05, 0) is 17.7 Å². The zero-order chi connectivity index (χ0) is 16.3. The van der Waals surface area contributed by atoms with E-state index < -0.39 is 18.6 Å². The van der Waals surface area contributed by atoms with Gasteiger partial charge in [-0.3, -0.25) is 4.90 Å². The molecule has 1 fully saturated rings. The number of benzene rings is 1. The lowest BCUT2D eigenvalue weighted by Gasteiger charge is -2.38. The van der Waals surface area contributed by atoms with Gasteiger partial charge in [-0.2, -0.15) is 0 Å². The fourth-order valence-corrected chi connectivity index (χ4v) is 2.87. The minimum atomic E-state index is -3.34. The molecule has 8 heteroatoms. The average Bonchev–Trinajstić information content (AvgIpc) is 2.51. The van der Waals surface area contributed by atoms with Gasteiger partial charge in [-0.1, -0.05) is 11.6 Å². The fourth-order valence-electron chi connectivity index (χ4n) is 2.66. The molecule has 1 aliphatic heterocycles. The quantitative estimate of drug-likeness (QED) is 0.762. The lowest BCUT2D eigenvalue weighted by Crippen LogP contribution is -2.51. The highest BCUT2D eigenvalue weighted by atomic mass is 35.5. The van der Waals surface area contributed by atoms with Crippen LogP contribution in [0.15, 0.2) is 12.1 Å². The molecule has 22 heavy (non-hydrogen) atoms. The summed E-state index contributed by atoms with van der Waals surface area (Å²) < 4.78 is 33.6. The molecule has 0 bridgehead atoms. The Bertz CT molecular complexity index is 525. The number of rotatable bonds is 5. The predicted octanol–water partition coefficient (Wildman–Crippen LogP) is 1.63. The molecular weight excluding hydrogens is 318 g/mol. The third kappa shape index (κ3) is 3.43. The Kier molecular flexibility index (Phi) is 5.44. The van der Waals surface area contributed by atoms with E-state index in [1.54, 1.807) is 4.90 Å². The maximum atomic E-state index is 14.3. The monoisotopic (exact) mass is 336 g/mol. The van der Waals surface area contributed by atoms with Gasteiger partial charge in [0, 0.05) is 26.2 Å². The first-order chi connectivity index (χ1) is 10.4. The predicted molar refractivity (Wildman–Crippen MR) is 78.9 cm³/mol. The van der Waals surface area contributed by atoms with E-state index in [4.69, 9.17) is 21.4 Å². The number of aromatic hydroxyl groups is 1. The number of piperazine rings is 1. The van der Waals surface area contributed by atoms with E-state index in [2.05, 4.69) is 5.32 Å². The Morgan fingerprint density at radius 1 is 1.41 bits per heavy atom. The first-order valence-corrected chi connectivity index (χ1v) is 7.28. The zero-order valence-corrected chi connectivity index (χ0v) is 12.9. The standard InChI is InChI=1S/C14H19ClF2N2O3/c1-22-11-7-9(6-10(15)12(11)21)13(14(16,17)8-20)19-4-2-18-3-5-19/h6-7,13,18,20-21H,2-5,8H2,1H3/t13-/m0/s1. The second-order valence-corrected chi connectivity index (χ2v) is 5.57. The number of aliphatic hydroxyl groups is 1. The van der Waals surface area contributed by atoms with Crippen LogP contribution in [-0.2, 0) is 0 Å². The maximum Gasteiger partial charge on any atom is 0.289 e. The third-order valence-electron chi connectivity index (χ3n) is 3.71. The summed E-state index contributed by atoms with van der Waals surface area (Å²) in [4.78, 5) is 1.59. The maximum absolute atomic E-state index is 14.3. The molecule has 0 aliphatic carbocycles. The van der Waals surface area contributed by atoms with Crippen molar-refractivity contribution in [2.45, 2.75) is 12.0 Å². The van der Waals surface area contributed by atoms with Gasteiger partial charge in [-0.25, -0.2) is 8.78 Å². The summed E-state index contributed by atoms with van der Waals surface area (Å²) in [5, 5.41) is 21.9. The summed E-state index contributed by atoms with van der Waals surface area (Å²) in [6, 6.07) is 1.28. The first-order valence-electron chi connectivity index (χ1n) is 6.90. The number of methoxy groups -OCH3 is 1. The highest BCUT2D eigenvalue weighted by molar-refractivity contribution is 6.32. The molecule has 1 saturated heterocycles. The molecule has 0 saturated carbocycles. The number of hydrogen-bond acceptors (Lipinski definition) is 5. The highest BCUT2D eigenvalue weighted by Gasteiger charge is 2.44. The molecule has 0 amide bonds. The molecule has 0 aromatic heterocycles. The van der Waals surface area contributed by atoms with Gasteiger partial charge in [0.1, 0.15) is 12.6 Å². The molecule has 3 N–H and O–H groups in total. The number of phenolic OH excluding ortho intramolecular Hbond substituents is 1. The van der Waals surface area contributed by atoms with Crippen molar-refractivity contribution >= 4 is 11.6 Å². The van der Waals surface area contributed by atoms with Crippen molar-refractivity contribution < 1.29 is 23.7 Å². The van der Waals surface area contributed by atoms with Gasteiger partial charge in [0.05, 0.1) is 12.1 Å². The van der Waals surface area contributed by atoms with E-state index in [0.29, 0.717) is 26.2 Å². The normalized spacial score (nSPS) is 18.2. The van der Waals surface area contributed by atoms with Gasteiger partial charge < -0.3 is 20.3 Å². The molecule has 0 spiro atoms. The number of nitrogens with zero attached hydrogens (tertiary/aromatic N) is 1. The number of ether oxygens (including phenoxy) is 1. The Hall–Kier alpha value is -1.15. The SMILES string of the molecule is COc1cc([C@H](N2CCNCC2)C(F)(F)CO)cc(Cl)c1O. The van der Waals surface area contributed by atoms with Gasteiger partial charge in [-0.15, -0.1) is 0 Å². The molecule has 0 unspecified atom stereocenters. The van der Waals surface area contributed by atoms with E-state index in [0.717, 1.165) is 0 Å². The summed E-state index contributed by atoms with van der Waals surface area (Å²) >= 11 is 5.91. The van der Waals surface area contributed by atoms with Crippen LogP contribution in [0.1, 0.15) is 11.6 Å². The molecule has 1 aromatic rings. The number of halogens is 3. The van der Waals surface area contributed by atoms with Crippen molar-refractivity contribution in [3.63, 3.8) is 0 Å². The van der Waals surface area contributed by atoms with E-state index >= 15 is 0 Å². The van der Waals surface area contributed by atoms with Crippen molar-refractivity contribution in [2.24, 2.45) is 0 Å². The molecule has 1 aliphatic rings. The Morgan fingerprint density at radius 2 is 2.05 bits per heavy atom. The van der Waals surface area contributed by atoms with Crippen molar-refractivity contribution in [3.8, 4) is 11.5 Å². The van der Waals surface area contributed by atoms with Crippen LogP contribution in [0, 0.1) is 0 Å². The number of nitrogens with one attached hydrogen (secondary N) is 1. The van der Waals surface area contributed by atoms with Crippen LogP contribution in [0.3, 0.4) is 0 Å². The van der Waals surface area contributed by atoms with E-state index in [1.807, 2.05) is 0 Å². The highest BCUT2D eigenvalue weighted by Crippen LogP contribution is 2.42. The lowest BCUT2D eigenvalue weighted by atomic mass is 9.97. The summed E-state index contributed by atoms with van der Waals surface area (Å²) in [7, 11) is 1.32. The number of aliphatic hydroxyl groups excluding tert-OH is 1. The van der Waals surface area contributed by atoms with Crippen molar-refractivity contribution in [3.05, 3.63) is 22.7 Å². The summed E-state index contributed by atoms with van der Waals surface area (Å²) in [5.74, 6) is -3.61. The van der Waals surface area contributed by atoms with Gasteiger partial charge in [0.2, 0.25) is 0 Å². The Balaban J connectivity index is 2.46. The minimum Gasteiger partial charge on any atom is -0.503 e. The summed E-state index contributed by atoms with van der Waals surface area (Å²) in [6.45, 7) is 0.729. The second-order valence-electron chi connectivity index (χ2n) is 5.16. The molecule has 1 atom stereocenters. The topological polar surface area (TPSA) is 65.0 Å². The van der Waals surface area contributed by atoms with E-state index in [1.165, 1.54) is 19.2 Å². The third-order valence-corrected chi connectivity index (χ3v) is 4.00. The van der Waals surface area contributed by atoms with Gasteiger partial charge >= 0.3 is 0 Å². The fraction of sp³-hybridized carbons (Fsp3) is 0.571. The number of hydrogen-bond donors (Lipinski definition) is 3. The number of phenols is 1. The largest absolute Gasteiger partial charge is 0.503 e. The van der Waals surface area contributed by atoms with Gasteiger partial charge in [0.25, 0.3) is 5.92 Å².